The second kappa shape index (κ2) is 9.19. The Hall–Kier alpha value is -1.08. The van der Waals surface area contributed by atoms with Crippen LogP contribution in [0.2, 0.25) is 0 Å². The zero-order valence-electron chi connectivity index (χ0n) is 19.0. The van der Waals surface area contributed by atoms with Crippen LogP contribution in [0.4, 0.5) is 0 Å². The molecule has 3 fully saturated rings. The SMILES string of the molecule is CC1(C)OB(c2ccc(OCC3CCC(O[C@H]4CCCCO4)CC3)cc2)OC1(C)C. The molecule has 4 rings (SSSR count). The molecule has 0 bridgehead atoms. The molecular formula is C24H37BO5. The smallest absolute Gasteiger partial charge is 0.493 e. The van der Waals surface area contributed by atoms with Crippen molar-refractivity contribution in [1.82, 2.24) is 0 Å². The Balaban J connectivity index is 1.20. The zero-order valence-corrected chi connectivity index (χ0v) is 19.0. The first-order valence-corrected chi connectivity index (χ1v) is 11.7. The van der Waals surface area contributed by atoms with Crippen LogP contribution in [0.15, 0.2) is 24.3 Å². The van der Waals surface area contributed by atoms with E-state index in [1.165, 1.54) is 12.8 Å². The van der Waals surface area contributed by atoms with Gasteiger partial charge in [0.25, 0.3) is 0 Å². The van der Waals surface area contributed by atoms with E-state index in [9.17, 15) is 0 Å². The first kappa shape index (κ1) is 22.1. The Morgan fingerprint density at radius 3 is 2.17 bits per heavy atom. The lowest BCUT2D eigenvalue weighted by molar-refractivity contribution is -0.194. The van der Waals surface area contributed by atoms with Crippen molar-refractivity contribution < 1.29 is 23.5 Å². The van der Waals surface area contributed by atoms with E-state index in [4.69, 9.17) is 23.5 Å². The maximum atomic E-state index is 6.15. The summed E-state index contributed by atoms with van der Waals surface area (Å²) in [6.07, 6.45) is 8.34. The molecule has 5 nitrogen and oxygen atoms in total. The molecule has 2 heterocycles. The van der Waals surface area contributed by atoms with Crippen molar-refractivity contribution in [3.8, 4) is 5.75 Å². The monoisotopic (exact) mass is 416 g/mol. The van der Waals surface area contributed by atoms with Crippen LogP contribution < -0.4 is 10.2 Å². The lowest BCUT2D eigenvalue weighted by Crippen LogP contribution is -2.41. The van der Waals surface area contributed by atoms with Gasteiger partial charge in [-0.1, -0.05) is 12.1 Å². The van der Waals surface area contributed by atoms with E-state index in [-0.39, 0.29) is 24.6 Å². The van der Waals surface area contributed by atoms with Gasteiger partial charge in [-0.15, -0.1) is 0 Å². The molecule has 1 aromatic rings. The molecule has 2 saturated heterocycles. The number of hydrogen-bond acceptors (Lipinski definition) is 5. The summed E-state index contributed by atoms with van der Waals surface area (Å²) in [5.74, 6) is 1.50. The van der Waals surface area contributed by atoms with Crippen molar-refractivity contribution in [2.24, 2.45) is 5.92 Å². The molecule has 1 saturated carbocycles. The molecule has 0 N–H and O–H groups in total. The maximum absolute atomic E-state index is 6.15. The fourth-order valence-electron chi connectivity index (χ4n) is 4.38. The fourth-order valence-corrected chi connectivity index (χ4v) is 4.38. The summed E-state index contributed by atoms with van der Waals surface area (Å²) in [6.45, 7) is 9.92. The van der Waals surface area contributed by atoms with Crippen LogP contribution in [0.5, 0.6) is 5.75 Å². The van der Waals surface area contributed by atoms with Gasteiger partial charge >= 0.3 is 7.12 Å². The summed E-state index contributed by atoms with van der Waals surface area (Å²) in [6, 6.07) is 8.14. The Bertz CT molecular complexity index is 659. The summed E-state index contributed by atoms with van der Waals surface area (Å²) in [7, 11) is -0.326. The lowest BCUT2D eigenvalue weighted by Gasteiger charge is -2.32. The highest BCUT2D eigenvalue weighted by Gasteiger charge is 2.51. The quantitative estimate of drug-likeness (QED) is 0.641. The molecule has 1 atom stereocenters. The van der Waals surface area contributed by atoms with Crippen LogP contribution in [0.25, 0.3) is 0 Å². The lowest BCUT2D eigenvalue weighted by atomic mass is 9.79. The first-order valence-electron chi connectivity index (χ1n) is 11.7. The molecule has 1 aromatic carbocycles. The fraction of sp³-hybridized carbons (Fsp3) is 0.750. The van der Waals surface area contributed by atoms with Gasteiger partial charge in [-0.3, -0.25) is 0 Å². The van der Waals surface area contributed by atoms with Crippen molar-refractivity contribution in [3.05, 3.63) is 24.3 Å². The molecule has 1 aliphatic carbocycles. The van der Waals surface area contributed by atoms with Crippen LogP contribution in [0.3, 0.4) is 0 Å². The Morgan fingerprint density at radius 1 is 0.900 bits per heavy atom. The molecule has 0 unspecified atom stereocenters. The highest BCUT2D eigenvalue weighted by molar-refractivity contribution is 6.62. The number of ether oxygens (including phenoxy) is 3. The second-order valence-electron chi connectivity index (χ2n) is 10.0. The third-order valence-corrected chi connectivity index (χ3v) is 7.17. The Morgan fingerprint density at radius 2 is 1.57 bits per heavy atom. The summed E-state index contributed by atoms with van der Waals surface area (Å²) < 4.78 is 30.2. The van der Waals surface area contributed by atoms with Gasteiger partial charge in [0.05, 0.1) is 23.9 Å². The maximum Gasteiger partial charge on any atom is 0.494 e. The Kier molecular flexibility index (Phi) is 6.78. The molecule has 3 aliphatic rings. The van der Waals surface area contributed by atoms with E-state index >= 15 is 0 Å². The predicted octanol–water partition coefficient (Wildman–Crippen LogP) is 4.47. The van der Waals surface area contributed by atoms with E-state index in [1.54, 1.807) is 0 Å². The largest absolute Gasteiger partial charge is 0.494 e. The van der Waals surface area contributed by atoms with Crippen LogP contribution in [-0.2, 0) is 18.8 Å². The minimum atomic E-state index is -0.326. The molecule has 0 aromatic heterocycles. The van der Waals surface area contributed by atoms with Crippen LogP contribution in [0.1, 0.15) is 72.6 Å². The van der Waals surface area contributed by atoms with E-state index in [2.05, 4.69) is 27.7 Å². The standard InChI is InChI=1S/C24H37BO5/c1-23(2)24(3,4)30-25(29-23)19-10-14-20(15-11-19)27-17-18-8-12-21(13-9-18)28-22-7-5-6-16-26-22/h10-11,14-15,18,21-22H,5-9,12-13,16-17H2,1-4H3/t18?,21?,22-/m0/s1. The van der Waals surface area contributed by atoms with Crippen LogP contribution >= 0.6 is 0 Å². The molecular weight excluding hydrogens is 379 g/mol. The number of benzene rings is 1. The molecule has 30 heavy (non-hydrogen) atoms. The average molecular weight is 416 g/mol. The summed E-state index contributed by atoms with van der Waals surface area (Å²) in [5.41, 5.74) is 0.389. The summed E-state index contributed by atoms with van der Waals surface area (Å²) >= 11 is 0. The third-order valence-electron chi connectivity index (χ3n) is 7.17. The average Bonchev–Trinajstić information content (AvgIpc) is 2.96. The van der Waals surface area contributed by atoms with Crippen molar-refractivity contribution in [2.45, 2.75) is 96.2 Å². The Labute approximate surface area is 181 Å². The minimum Gasteiger partial charge on any atom is -0.493 e. The van der Waals surface area contributed by atoms with Crippen LogP contribution in [-0.4, -0.2) is 43.9 Å². The van der Waals surface area contributed by atoms with Gasteiger partial charge in [-0.2, -0.15) is 0 Å². The van der Waals surface area contributed by atoms with E-state index in [1.807, 2.05) is 24.3 Å². The highest BCUT2D eigenvalue weighted by Crippen LogP contribution is 2.36. The molecule has 0 amide bonds. The van der Waals surface area contributed by atoms with E-state index in [0.29, 0.717) is 12.0 Å². The minimum absolute atomic E-state index is 0.0269. The van der Waals surface area contributed by atoms with Crippen molar-refractivity contribution in [1.29, 1.82) is 0 Å². The molecule has 2 aliphatic heterocycles. The molecule has 0 radical (unpaired) electrons. The first-order chi connectivity index (χ1) is 14.3. The predicted molar refractivity (Wildman–Crippen MR) is 118 cm³/mol. The van der Waals surface area contributed by atoms with Gasteiger partial charge in [0, 0.05) is 6.61 Å². The summed E-state index contributed by atoms with van der Waals surface area (Å²) in [5, 5.41) is 0. The van der Waals surface area contributed by atoms with E-state index in [0.717, 1.165) is 56.5 Å². The van der Waals surface area contributed by atoms with Gasteiger partial charge in [-0.05, 0) is 96.2 Å². The number of hydrogen-bond donors (Lipinski definition) is 0. The topological polar surface area (TPSA) is 46.2 Å². The van der Waals surface area contributed by atoms with Crippen molar-refractivity contribution in [3.63, 3.8) is 0 Å². The van der Waals surface area contributed by atoms with Crippen molar-refractivity contribution in [2.75, 3.05) is 13.2 Å². The second-order valence-corrected chi connectivity index (χ2v) is 10.0. The molecule has 166 valence electrons. The van der Waals surface area contributed by atoms with Gasteiger partial charge < -0.3 is 23.5 Å². The number of rotatable bonds is 6. The highest BCUT2D eigenvalue weighted by atomic mass is 16.7. The zero-order chi connectivity index (χ0) is 21.2. The third kappa shape index (κ3) is 5.21. The van der Waals surface area contributed by atoms with E-state index < -0.39 is 0 Å². The van der Waals surface area contributed by atoms with Gasteiger partial charge in [0.15, 0.2) is 6.29 Å². The molecule has 0 spiro atoms. The van der Waals surface area contributed by atoms with Gasteiger partial charge in [0.2, 0.25) is 0 Å². The van der Waals surface area contributed by atoms with Crippen LogP contribution in [0, 0.1) is 5.92 Å². The molecule has 6 heteroatoms. The normalized spacial score (nSPS) is 30.9. The summed E-state index contributed by atoms with van der Waals surface area (Å²) in [4.78, 5) is 0. The van der Waals surface area contributed by atoms with Crippen molar-refractivity contribution >= 4 is 12.6 Å². The van der Waals surface area contributed by atoms with Gasteiger partial charge in [0.1, 0.15) is 5.75 Å². The van der Waals surface area contributed by atoms with Gasteiger partial charge in [-0.25, -0.2) is 0 Å².